The van der Waals surface area contributed by atoms with Gasteiger partial charge in [0.1, 0.15) is 12.4 Å². The second-order valence-corrected chi connectivity index (χ2v) is 2.83. The van der Waals surface area contributed by atoms with E-state index in [-0.39, 0.29) is 17.8 Å². The summed E-state index contributed by atoms with van der Waals surface area (Å²) in [6.45, 7) is 4.56. The van der Waals surface area contributed by atoms with Crippen molar-refractivity contribution in [2.75, 3.05) is 20.3 Å². The number of hydrogen-bond acceptors (Lipinski definition) is 3. The number of methoxy groups -OCH3 is 1. The summed E-state index contributed by atoms with van der Waals surface area (Å²) in [5.74, 6) is 0.277. The Bertz CT molecular complexity index is 190. The normalized spacial score (nSPS) is 11.8. The molecule has 13 heavy (non-hydrogen) atoms. The fourth-order valence-corrected chi connectivity index (χ4v) is 0.510. The molecule has 0 aliphatic carbocycles. The lowest BCUT2D eigenvalue weighted by Gasteiger charge is -2.05. The highest BCUT2D eigenvalue weighted by molar-refractivity contribution is 5.92. The molecule has 0 aliphatic rings. The Balaban J connectivity index is 3.81. The van der Waals surface area contributed by atoms with E-state index in [4.69, 9.17) is 20.6 Å². The lowest BCUT2D eigenvalue weighted by Crippen LogP contribution is -2.21. The van der Waals surface area contributed by atoms with Crippen LogP contribution >= 0.6 is 0 Å². The van der Waals surface area contributed by atoms with Gasteiger partial charge in [-0.2, -0.15) is 4.99 Å². The number of aliphatic imine (C=N–C) groups is 1. The molecular weight excluding hydrogens is 170 g/mol. The van der Waals surface area contributed by atoms with Crippen LogP contribution in [-0.4, -0.2) is 32.2 Å². The quantitative estimate of drug-likeness (QED) is 0.384. The summed E-state index contributed by atoms with van der Waals surface area (Å²) in [7, 11) is 1.58. The molecule has 0 atom stereocenters. The van der Waals surface area contributed by atoms with Crippen molar-refractivity contribution < 1.29 is 9.47 Å². The van der Waals surface area contributed by atoms with E-state index in [0.29, 0.717) is 13.2 Å². The molecule has 0 aromatic carbocycles. The van der Waals surface area contributed by atoms with Crippen molar-refractivity contribution in [1.29, 1.82) is 5.41 Å². The third kappa shape index (κ3) is 6.10. The van der Waals surface area contributed by atoms with Crippen LogP contribution in [0.2, 0.25) is 0 Å². The molecule has 3 N–H and O–H groups in total. The van der Waals surface area contributed by atoms with Gasteiger partial charge in [0.25, 0.3) is 6.02 Å². The van der Waals surface area contributed by atoms with Crippen LogP contribution in [0.15, 0.2) is 4.99 Å². The summed E-state index contributed by atoms with van der Waals surface area (Å²) in [6.07, 6.45) is 0. The van der Waals surface area contributed by atoms with Crippen LogP contribution in [0.4, 0.5) is 0 Å². The number of nitrogens with zero attached hydrogens (tertiary/aromatic N) is 1. The zero-order valence-electron chi connectivity index (χ0n) is 8.33. The van der Waals surface area contributed by atoms with Gasteiger partial charge in [-0.3, -0.25) is 5.41 Å². The zero-order chi connectivity index (χ0) is 10.3. The minimum atomic E-state index is 0.0238. The molecule has 0 heterocycles. The second kappa shape index (κ2) is 6.42. The van der Waals surface area contributed by atoms with Crippen LogP contribution in [0, 0.1) is 11.3 Å². The molecule has 76 valence electrons. The van der Waals surface area contributed by atoms with Crippen LogP contribution in [0.5, 0.6) is 0 Å². The molecule has 0 spiro atoms. The van der Waals surface area contributed by atoms with E-state index in [2.05, 4.69) is 4.99 Å². The van der Waals surface area contributed by atoms with Gasteiger partial charge in [0.15, 0.2) is 0 Å². The van der Waals surface area contributed by atoms with E-state index >= 15 is 0 Å². The highest BCUT2D eigenvalue weighted by Gasteiger charge is 2.01. The molecular formula is C8H17N3O2. The molecule has 0 fully saturated rings. The van der Waals surface area contributed by atoms with E-state index < -0.39 is 0 Å². The second-order valence-electron chi connectivity index (χ2n) is 2.83. The van der Waals surface area contributed by atoms with Crippen LogP contribution in [0.25, 0.3) is 0 Å². The van der Waals surface area contributed by atoms with Crippen LogP contribution in [0.1, 0.15) is 13.8 Å². The highest BCUT2D eigenvalue weighted by Crippen LogP contribution is 1.95. The molecule has 0 bridgehead atoms. The van der Waals surface area contributed by atoms with Gasteiger partial charge >= 0.3 is 0 Å². The first kappa shape index (κ1) is 11.9. The van der Waals surface area contributed by atoms with Crippen molar-refractivity contribution in [2.45, 2.75) is 13.8 Å². The highest BCUT2D eigenvalue weighted by atomic mass is 16.5. The van der Waals surface area contributed by atoms with Crippen molar-refractivity contribution in [3.63, 3.8) is 0 Å². The Morgan fingerprint density at radius 1 is 1.46 bits per heavy atom. The number of hydrogen-bond donors (Lipinski definition) is 2. The van der Waals surface area contributed by atoms with Crippen LogP contribution in [0.3, 0.4) is 0 Å². The number of amidine groups is 2. The van der Waals surface area contributed by atoms with Gasteiger partial charge in [-0.15, -0.1) is 0 Å². The molecule has 0 amide bonds. The predicted octanol–water partition coefficient (Wildman–Crippen LogP) is 0.597. The molecule has 5 nitrogen and oxygen atoms in total. The molecule has 0 saturated heterocycles. The average Bonchev–Trinajstić information content (AvgIpc) is 2.04. The largest absolute Gasteiger partial charge is 0.463 e. The summed E-state index contributed by atoms with van der Waals surface area (Å²) in [5, 5.41) is 7.38. The molecule has 0 aliphatic heterocycles. The Morgan fingerprint density at radius 2 is 2.08 bits per heavy atom. The summed E-state index contributed by atoms with van der Waals surface area (Å²) >= 11 is 0. The maximum Gasteiger partial charge on any atom is 0.288 e. The van der Waals surface area contributed by atoms with Crippen molar-refractivity contribution in [3.8, 4) is 0 Å². The topological polar surface area (TPSA) is 80.7 Å². The van der Waals surface area contributed by atoms with Crippen LogP contribution < -0.4 is 5.73 Å². The lowest BCUT2D eigenvalue weighted by atomic mass is 10.2. The maximum atomic E-state index is 7.38. The summed E-state index contributed by atoms with van der Waals surface area (Å²) < 4.78 is 9.72. The molecule has 0 aromatic rings. The van der Waals surface area contributed by atoms with Gasteiger partial charge in [-0.1, -0.05) is 13.8 Å². The maximum absolute atomic E-state index is 7.38. The molecule has 0 rings (SSSR count). The van der Waals surface area contributed by atoms with Crippen LogP contribution in [-0.2, 0) is 9.47 Å². The smallest absolute Gasteiger partial charge is 0.288 e. The van der Waals surface area contributed by atoms with Crippen molar-refractivity contribution in [2.24, 2.45) is 16.6 Å². The van der Waals surface area contributed by atoms with Gasteiger partial charge in [0, 0.05) is 13.0 Å². The van der Waals surface area contributed by atoms with Gasteiger partial charge in [-0.25, -0.2) is 0 Å². The first-order chi connectivity index (χ1) is 6.07. The first-order valence-corrected chi connectivity index (χ1v) is 4.12. The first-order valence-electron chi connectivity index (χ1n) is 4.12. The number of rotatable bonds is 4. The van der Waals surface area contributed by atoms with Gasteiger partial charge in [0.05, 0.1) is 6.61 Å². The average molecular weight is 187 g/mol. The predicted molar refractivity (Wildman–Crippen MR) is 52.0 cm³/mol. The third-order valence-corrected chi connectivity index (χ3v) is 1.31. The standard InChI is InChI=1S/C8H17N3O2/c1-6(2)7(9)11-8(10)13-5-4-12-3/h6H,4-5H2,1-3H3,(H3,9,10,11). The molecule has 0 aromatic heterocycles. The van der Waals surface area contributed by atoms with Crippen molar-refractivity contribution in [3.05, 3.63) is 0 Å². The number of ether oxygens (including phenoxy) is 2. The Kier molecular flexibility index (Phi) is 5.88. The Labute approximate surface area is 78.4 Å². The minimum absolute atomic E-state index is 0.0238. The van der Waals surface area contributed by atoms with E-state index in [0.717, 1.165) is 0 Å². The number of nitrogens with one attached hydrogen (secondary N) is 1. The SMILES string of the molecule is COCCOC(N)=NC(=N)C(C)C. The van der Waals surface area contributed by atoms with Gasteiger partial charge in [0.2, 0.25) is 0 Å². The van der Waals surface area contributed by atoms with E-state index in [9.17, 15) is 0 Å². The summed E-state index contributed by atoms with van der Waals surface area (Å²) in [6, 6.07) is 0.0238. The third-order valence-electron chi connectivity index (χ3n) is 1.31. The van der Waals surface area contributed by atoms with Gasteiger partial charge in [-0.05, 0) is 0 Å². The summed E-state index contributed by atoms with van der Waals surface area (Å²) in [4.78, 5) is 3.75. The number of nitrogens with two attached hydrogens (primary N) is 1. The van der Waals surface area contributed by atoms with Gasteiger partial charge < -0.3 is 15.2 Å². The Hall–Kier alpha value is -1.10. The summed E-state index contributed by atoms with van der Waals surface area (Å²) in [5.41, 5.74) is 5.38. The van der Waals surface area contributed by atoms with E-state index in [1.807, 2.05) is 13.8 Å². The van der Waals surface area contributed by atoms with E-state index in [1.165, 1.54) is 0 Å². The van der Waals surface area contributed by atoms with Crippen molar-refractivity contribution >= 4 is 11.9 Å². The fourth-order valence-electron chi connectivity index (χ4n) is 0.510. The molecule has 0 saturated carbocycles. The fraction of sp³-hybridized carbons (Fsp3) is 0.750. The van der Waals surface area contributed by atoms with Crippen molar-refractivity contribution in [1.82, 2.24) is 0 Å². The monoisotopic (exact) mass is 187 g/mol. The van der Waals surface area contributed by atoms with E-state index in [1.54, 1.807) is 7.11 Å². The Morgan fingerprint density at radius 3 is 2.54 bits per heavy atom. The zero-order valence-corrected chi connectivity index (χ0v) is 8.33. The lowest BCUT2D eigenvalue weighted by molar-refractivity contribution is 0.140. The minimum Gasteiger partial charge on any atom is -0.463 e. The molecule has 0 radical (unpaired) electrons. The molecule has 0 unspecified atom stereocenters. The molecule has 5 heteroatoms.